The molecule has 0 saturated heterocycles. The number of benzene rings is 10. The van der Waals surface area contributed by atoms with Gasteiger partial charge in [0.25, 0.3) is 10.1 Å². The molecule has 6 aliphatic rings. The molecule has 16 heteroatoms. The van der Waals surface area contributed by atoms with E-state index in [1.807, 2.05) is 91.0 Å². The van der Waals surface area contributed by atoms with Crippen molar-refractivity contribution in [3.63, 3.8) is 0 Å². The van der Waals surface area contributed by atoms with Crippen molar-refractivity contribution in [2.75, 3.05) is 6.26 Å². The van der Waals surface area contributed by atoms with E-state index < -0.39 is 16.1 Å². The largest absolute Gasteiger partial charge is 0.508 e. The highest BCUT2D eigenvalue weighted by atomic mass is 32.2. The Morgan fingerprint density at radius 2 is 0.694 bits per heavy atom. The molecule has 0 amide bonds. The van der Waals surface area contributed by atoms with Gasteiger partial charge in [-0.3, -0.25) is 28.2 Å². The monoisotopic (exact) mass is 1660 g/mol. The Morgan fingerprint density at radius 3 is 1.06 bits per heavy atom. The van der Waals surface area contributed by atoms with Crippen LogP contribution in [0.25, 0.3) is 53.9 Å². The Bertz CT molecular complexity index is 5240. The lowest BCUT2D eigenvalue weighted by Gasteiger charge is -2.51. The second kappa shape index (κ2) is 42.1. The molecule has 10 aromatic rings. The Balaban J connectivity index is 0.000000145. The number of fused-ring (bicyclic) bond motifs is 5. The average Bonchev–Trinajstić information content (AvgIpc) is 0.753. The van der Waals surface area contributed by atoms with Crippen molar-refractivity contribution in [1.29, 1.82) is 0 Å². The third-order valence-electron chi connectivity index (χ3n) is 26.4. The number of carbonyl (C=O) groups is 5. The Morgan fingerprint density at radius 1 is 0.388 bits per heavy atom. The van der Waals surface area contributed by atoms with E-state index in [0.717, 1.165) is 190 Å². The number of aryl methyl sites for hydroxylation is 2. The first-order chi connectivity index (χ1) is 57.6. The Kier molecular flexibility index (Phi) is 32.1. The van der Waals surface area contributed by atoms with Crippen molar-refractivity contribution in [3.05, 3.63) is 209 Å². The number of phenolic OH excluding ortho intramolecular Hbond substituents is 1. The zero-order valence-electron chi connectivity index (χ0n) is 74.2. The number of Topliss-reactive ketones (excluding diaryl/α,β-unsaturated/α-hetero) is 4. The predicted octanol–water partition coefficient (Wildman–Crippen LogP) is 25.9. The minimum atomic E-state index is -3.24. The number of hydrogen-bond acceptors (Lipinski definition) is 14. The predicted molar refractivity (Wildman–Crippen MR) is 491 cm³/mol. The van der Waals surface area contributed by atoms with Gasteiger partial charge in [-0.1, -0.05) is 139 Å². The molecule has 6 saturated carbocycles. The molecular weight excluding hydrogens is 1530 g/mol. The summed E-state index contributed by atoms with van der Waals surface area (Å²) in [7, 11) is -3.24. The van der Waals surface area contributed by atoms with E-state index in [4.69, 9.17) is 23.1 Å². The summed E-state index contributed by atoms with van der Waals surface area (Å²) in [4.78, 5) is 56.9. The van der Waals surface area contributed by atoms with E-state index in [1.54, 1.807) is 52.0 Å². The third-order valence-corrected chi connectivity index (χ3v) is 27.0. The molecule has 646 valence electrons. The van der Waals surface area contributed by atoms with Gasteiger partial charge in [-0.25, -0.2) is 0 Å². The molecule has 15 nitrogen and oxygen atoms in total. The normalized spacial score (nSPS) is 23.4. The van der Waals surface area contributed by atoms with Crippen LogP contribution in [0, 0.1) is 54.8 Å². The van der Waals surface area contributed by atoms with Crippen molar-refractivity contribution in [3.8, 4) is 28.7 Å². The standard InChI is InChI=1S/C27H37NO3.C20H24O2.2C19H22O2.C12H10O2.C8H16O3S/c1-16-6-10-21(11-7-16)31-24-13-9-20-14-19(8-12-22(20)17(24)2)18(3)28-25-15-23(26(29)30)27(25,4)5;1-13-4-8-18(9-5-13)22-20-11-7-17-12-16(15(3)21)6-10-19(17)14(20)2;2*1-13-3-8-18(9-4-13)21-19-10-7-16-11-15(14(2)20)5-6-17(16)12-19;1-8(13)9-2-3-11-7-12(14)5-4-10(11)6-9;1-7-3-5-8(6-4-7)11-12(2,9)10/h8-9,12-14,16,18,21,23,25,28H,6-7,10-11,15H2,1-5H3,(H,29,30);6-7,10-13,18H,4-5,8-9H2,1-3H3;2*5-7,10-13,18H,3-4,8-9H2,1-2H3;2-7,14H,1H3;7-8H,3-6H2,1-2H3. The number of hydrogen-bond donors (Lipinski definition) is 3. The number of rotatable bonds is 18. The first kappa shape index (κ1) is 92.2. The number of aliphatic carboxylic acids is 1. The zero-order valence-corrected chi connectivity index (χ0v) is 75.0. The lowest BCUT2D eigenvalue weighted by Crippen LogP contribution is -2.59. The smallest absolute Gasteiger partial charge is 0.307 e. The number of phenols is 1. The van der Waals surface area contributed by atoms with E-state index >= 15 is 0 Å². The van der Waals surface area contributed by atoms with Crippen LogP contribution in [0.2, 0.25) is 0 Å². The van der Waals surface area contributed by atoms with Gasteiger partial charge in [-0.05, 0) is 368 Å². The lowest BCUT2D eigenvalue weighted by atomic mass is 9.58. The van der Waals surface area contributed by atoms with Crippen LogP contribution in [0.15, 0.2) is 170 Å². The third kappa shape index (κ3) is 26.1. The maximum atomic E-state index is 11.5. The number of carboxylic acid groups (broad SMARTS) is 1. The molecule has 0 aromatic heterocycles. The summed E-state index contributed by atoms with van der Waals surface area (Å²) in [5.41, 5.74) is 6.38. The van der Waals surface area contributed by atoms with Gasteiger partial charge in [0.05, 0.1) is 42.7 Å². The fourth-order valence-electron chi connectivity index (χ4n) is 17.9. The maximum absolute atomic E-state index is 11.5. The van der Waals surface area contributed by atoms with Crippen LogP contribution in [0.5, 0.6) is 28.7 Å². The second-order valence-corrected chi connectivity index (χ2v) is 38.4. The number of aromatic hydroxyl groups is 1. The molecule has 0 radical (unpaired) electrons. The maximum Gasteiger partial charge on any atom is 0.307 e. The molecule has 6 aliphatic carbocycles. The quantitative estimate of drug-likeness (QED) is 0.0537. The molecular formula is C105H131NO14S. The summed E-state index contributed by atoms with van der Waals surface area (Å²) in [5.74, 6) is 7.63. The van der Waals surface area contributed by atoms with Gasteiger partial charge in [0.15, 0.2) is 23.1 Å². The molecule has 3 atom stereocenters. The highest BCUT2D eigenvalue weighted by Crippen LogP contribution is 2.48. The van der Waals surface area contributed by atoms with E-state index in [-0.39, 0.29) is 58.4 Å². The number of nitrogens with one attached hydrogen (secondary N) is 1. The highest BCUT2D eigenvalue weighted by molar-refractivity contribution is 7.86. The molecule has 10 aromatic carbocycles. The van der Waals surface area contributed by atoms with Crippen LogP contribution < -0.4 is 24.3 Å². The fraction of sp³-hybridized carbons (Fsp3) is 0.476. The molecule has 16 rings (SSSR count). The van der Waals surface area contributed by atoms with Crippen LogP contribution in [0.3, 0.4) is 0 Å². The summed E-state index contributed by atoms with van der Waals surface area (Å²) in [6.45, 7) is 28.4. The number of ketones is 4. The molecule has 0 heterocycles. The van der Waals surface area contributed by atoms with E-state index in [1.165, 1.54) is 84.2 Å². The lowest BCUT2D eigenvalue weighted by molar-refractivity contribution is -0.155. The zero-order chi connectivity index (χ0) is 87.0. The van der Waals surface area contributed by atoms with Gasteiger partial charge in [-0.15, -0.1) is 0 Å². The average molecular weight is 1660 g/mol. The minimum absolute atomic E-state index is 0.0555. The summed E-state index contributed by atoms with van der Waals surface area (Å²) < 4.78 is 51.3. The van der Waals surface area contributed by atoms with Gasteiger partial charge in [0.2, 0.25) is 0 Å². The van der Waals surface area contributed by atoms with Gasteiger partial charge < -0.3 is 34.5 Å². The first-order valence-electron chi connectivity index (χ1n) is 44.5. The van der Waals surface area contributed by atoms with Crippen LogP contribution in [-0.2, 0) is 19.1 Å². The SMILES string of the molecule is CC(=O)c1ccc2c(C)c(OC3CCC(C)CC3)ccc2c1.CC(=O)c1ccc2cc(O)ccc2c1.CC(=O)c1ccc2cc(OC3CCC(C)CC3)ccc2c1.CC(=O)c1ccc2cc(OC3CCC(C)CC3)ccc2c1.CC1CCC(OS(C)(=O)=O)CC1.Cc1c(OC2CCC(C)CC2)ccc2cc(C(C)NC3CC(C(=O)O)C3(C)C)ccc12. The van der Waals surface area contributed by atoms with Gasteiger partial charge in [0.1, 0.15) is 28.7 Å². The summed E-state index contributed by atoms with van der Waals surface area (Å²) in [6, 6.07) is 55.9. The summed E-state index contributed by atoms with van der Waals surface area (Å²) in [6.07, 6.45) is 26.4. The second-order valence-electron chi connectivity index (χ2n) is 36.8. The molecule has 6 fully saturated rings. The topological polar surface area (TPSA) is 218 Å². The van der Waals surface area contributed by atoms with Crippen LogP contribution in [0.4, 0.5) is 0 Å². The molecule has 121 heavy (non-hydrogen) atoms. The number of carbonyl (C=O) groups excluding carboxylic acids is 4. The van der Waals surface area contributed by atoms with E-state index in [2.05, 4.69) is 129 Å². The van der Waals surface area contributed by atoms with Crippen molar-refractivity contribution < 1.29 is 65.7 Å². The molecule has 0 spiro atoms. The molecule has 3 unspecified atom stereocenters. The number of ether oxygens (including phenoxy) is 4. The first-order valence-corrected chi connectivity index (χ1v) is 46.3. The molecule has 3 N–H and O–H groups in total. The van der Waals surface area contributed by atoms with Crippen molar-refractivity contribution >= 4 is 93.1 Å². The van der Waals surface area contributed by atoms with Crippen molar-refractivity contribution in [1.82, 2.24) is 5.32 Å². The summed E-state index contributed by atoms with van der Waals surface area (Å²) in [5, 5.41) is 33.4. The highest BCUT2D eigenvalue weighted by Gasteiger charge is 2.52. The van der Waals surface area contributed by atoms with Crippen molar-refractivity contribution in [2.45, 2.75) is 274 Å². The Labute approximate surface area is 718 Å². The Hall–Kier alpha value is -9.48. The van der Waals surface area contributed by atoms with E-state index in [9.17, 15) is 42.6 Å². The number of carboxylic acids is 1. The summed E-state index contributed by atoms with van der Waals surface area (Å²) >= 11 is 0. The minimum Gasteiger partial charge on any atom is -0.508 e. The van der Waals surface area contributed by atoms with Gasteiger partial charge in [-0.2, -0.15) is 8.42 Å². The molecule has 0 bridgehead atoms. The van der Waals surface area contributed by atoms with Crippen LogP contribution in [-0.4, -0.2) is 90.6 Å². The van der Waals surface area contributed by atoms with Crippen LogP contribution >= 0.6 is 0 Å². The van der Waals surface area contributed by atoms with Gasteiger partial charge in [0, 0.05) is 34.3 Å². The van der Waals surface area contributed by atoms with Crippen molar-refractivity contribution in [2.24, 2.45) is 40.9 Å². The van der Waals surface area contributed by atoms with Gasteiger partial charge >= 0.3 is 5.97 Å². The van der Waals surface area contributed by atoms with Crippen LogP contribution in [0.1, 0.15) is 282 Å². The van der Waals surface area contributed by atoms with E-state index in [0.29, 0.717) is 36.4 Å². The molecule has 0 aliphatic heterocycles. The fourth-order valence-corrected chi connectivity index (χ4v) is 18.6.